The molecule has 1 unspecified atom stereocenters. The van der Waals surface area contributed by atoms with E-state index in [1.54, 1.807) is 16.2 Å². The zero-order valence-corrected chi connectivity index (χ0v) is 14.1. The van der Waals surface area contributed by atoms with Crippen molar-refractivity contribution in [3.63, 3.8) is 0 Å². The number of carbonyl (C=O) groups is 1. The summed E-state index contributed by atoms with van der Waals surface area (Å²) in [5.74, 6) is 0. The van der Waals surface area contributed by atoms with Gasteiger partial charge in [0.2, 0.25) is 0 Å². The van der Waals surface area contributed by atoms with Crippen LogP contribution in [0.2, 0.25) is 0 Å². The molecule has 1 atom stereocenters. The van der Waals surface area contributed by atoms with E-state index in [0.717, 1.165) is 36.6 Å². The number of piperidine rings is 1. The molecule has 1 N–H and O–H groups in total. The van der Waals surface area contributed by atoms with Gasteiger partial charge in [-0.2, -0.15) is 0 Å². The van der Waals surface area contributed by atoms with Crippen LogP contribution in [-0.2, 0) is 11.3 Å². The van der Waals surface area contributed by atoms with Gasteiger partial charge in [-0.1, -0.05) is 0 Å². The van der Waals surface area contributed by atoms with Gasteiger partial charge in [-0.3, -0.25) is 0 Å². The van der Waals surface area contributed by atoms with Gasteiger partial charge >= 0.3 is 6.09 Å². The van der Waals surface area contributed by atoms with Crippen molar-refractivity contribution in [3.8, 4) is 0 Å². The Kier molecular flexibility index (Phi) is 5.22. The SMILES string of the molecule is Cc1csc(CNC2CCCN(C(=O)OC(C)(C)C)C2)n1. The molecule has 2 heterocycles. The Morgan fingerprint density at radius 1 is 1.57 bits per heavy atom. The fraction of sp³-hybridized carbons (Fsp3) is 0.733. The second-order valence-corrected chi connectivity index (χ2v) is 7.47. The molecule has 0 radical (unpaired) electrons. The number of aromatic nitrogens is 1. The van der Waals surface area contributed by atoms with Crippen molar-refractivity contribution in [2.45, 2.75) is 58.7 Å². The van der Waals surface area contributed by atoms with E-state index in [4.69, 9.17) is 4.74 Å². The Balaban J connectivity index is 1.81. The van der Waals surface area contributed by atoms with Gasteiger partial charge in [0.25, 0.3) is 0 Å². The van der Waals surface area contributed by atoms with Crippen molar-refractivity contribution in [3.05, 3.63) is 16.1 Å². The predicted molar refractivity (Wildman–Crippen MR) is 84.5 cm³/mol. The maximum atomic E-state index is 12.1. The highest BCUT2D eigenvalue weighted by Gasteiger charge is 2.27. The van der Waals surface area contributed by atoms with Crippen LogP contribution in [0.25, 0.3) is 0 Å². The first-order valence-electron chi connectivity index (χ1n) is 7.46. The van der Waals surface area contributed by atoms with Crippen molar-refractivity contribution < 1.29 is 9.53 Å². The van der Waals surface area contributed by atoms with E-state index >= 15 is 0 Å². The maximum absolute atomic E-state index is 12.1. The third-order valence-electron chi connectivity index (χ3n) is 3.28. The van der Waals surface area contributed by atoms with Crippen LogP contribution in [-0.4, -0.2) is 40.7 Å². The van der Waals surface area contributed by atoms with Crippen LogP contribution in [0.3, 0.4) is 0 Å². The summed E-state index contributed by atoms with van der Waals surface area (Å²) in [6.07, 6.45) is 1.89. The van der Waals surface area contributed by atoms with Gasteiger partial charge in [0, 0.05) is 36.8 Å². The van der Waals surface area contributed by atoms with Crippen LogP contribution in [0.15, 0.2) is 5.38 Å². The summed E-state index contributed by atoms with van der Waals surface area (Å²) in [6, 6.07) is 0.315. The van der Waals surface area contributed by atoms with Crippen molar-refractivity contribution >= 4 is 17.4 Å². The number of nitrogens with zero attached hydrogens (tertiary/aromatic N) is 2. The van der Waals surface area contributed by atoms with Crippen LogP contribution in [0.5, 0.6) is 0 Å². The van der Waals surface area contributed by atoms with Gasteiger partial charge < -0.3 is 15.0 Å². The molecule has 1 fully saturated rings. The topological polar surface area (TPSA) is 54.5 Å². The molecule has 1 aromatic rings. The molecule has 0 bridgehead atoms. The van der Waals surface area contributed by atoms with Gasteiger partial charge in [0.15, 0.2) is 0 Å². The lowest BCUT2D eigenvalue weighted by molar-refractivity contribution is 0.0187. The number of carbonyl (C=O) groups excluding carboxylic acids is 1. The lowest BCUT2D eigenvalue weighted by Gasteiger charge is -2.34. The Morgan fingerprint density at radius 2 is 2.33 bits per heavy atom. The fourth-order valence-electron chi connectivity index (χ4n) is 2.35. The molecule has 1 aliphatic rings. The largest absolute Gasteiger partial charge is 0.444 e. The van der Waals surface area contributed by atoms with E-state index in [2.05, 4.69) is 15.7 Å². The molecule has 1 aromatic heterocycles. The summed E-state index contributed by atoms with van der Waals surface area (Å²) < 4.78 is 5.44. The third kappa shape index (κ3) is 5.28. The Hall–Kier alpha value is -1.14. The Bertz CT molecular complexity index is 482. The minimum absolute atomic E-state index is 0.209. The smallest absolute Gasteiger partial charge is 0.410 e. The van der Waals surface area contributed by atoms with E-state index in [-0.39, 0.29) is 6.09 Å². The summed E-state index contributed by atoms with van der Waals surface area (Å²) in [4.78, 5) is 18.4. The average molecular weight is 311 g/mol. The highest BCUT2D eigenvalue weighted by molar-refractivity contribution is 7.09. The van der Waals surface area contributed by atoms with E-state index in [0.29, 0.717) is 12.6 Å². The lowest BCUT2D eigenvalue weighted by atomic mass is 10.1. The Morgan fingerprint density at radius 3 is 2.95 bits per heavy atom. The van der Waals surface area contributed by atoms with Gasteiger partial charge in [-0.25, -0.2) is 9.78 Å². The minimum Gasteiger partial charge on any atom is -0.444 e. The summed E-state index contributed by atoms with van der Waals surface area (Å²) >= 11 is 1.67. The number of aryl methyl sites for hydroxylation is 1. The molecule has 1 aliphatic heterocycles. The number of hydrogen-bond donors (Lipinski definition) is 1. The van der Waals surface area contributed by atoms with Crippen LogP contribution in [0.1, 0.15) is 44.3 Å². The zero-order chi connectivity index (χ0) is 15.5. The van der Waals surface area contributed by atoms with Crippen LogP contribution in [0, 0.1) is 6.92 Å². The Labute approximate surface area is 130 Å². The monoisotopic (exact) mass is 311 g/mol. The molecule has 1 saturated heterocycles. The number of likely N-dealkylation sites (tertiary alicyclic amines) is 1. The highest BCUT2D eigenvalue weighted by Crippen LogP contribution is 2.16. The quantitative estimate of drug-likeness (QED) is 0.932. The number of amides is 1. The fourth-order valence-corrected chi connectivity index (χ4v) is 3.07. The molecule has 6 heteroatoms. The molecule has 0 spiro atoms. The standard InChI is InChI=1S/C15H25N3O2S/c1-11-10-21-13(17-11)8-16-12-6-5-7-18(9-12)14(19)20-15(2,3)4/h10,12,16H,5-9H2,1-4H3. The third-order valence-corrected chi connectivity index (χ3v) is 4.25. The molecule has 0 aromatic carbocycles. The predicted octanol–water partition coefficient (Wildman–Crippen LogP) is 2.94. The number of ether oxygens (including phenoxy) is 1. The average Bonchev–Trinajstić information content (AvgIpc) is 2.81. The number of thiazole rings is 1. The second kappa shape index (κ2) is 6.75. The summed E-state index contributed by atoms with van der Waals surface area (Å²) in [5, 5.41) is 6.66. The van der Waals surface area contributed by atoms with Gasteiger partial charge in [-0.15, -0.1) is 11.3 Å². The number of nitrogens with one attached hydrogen (secondary N) is 1. The lowest BCUT2D eigenvalue weighted by Crippen LogP contribution is -2.49. The van der Waals surface area contributed by atoms with Gasteiger partial charge in [0.1, 0.15) is 10.6 Å². The zero-order valence-electron chi connectivity index (χ0n) is 13.3. The number of rotatable bonds is 3. The van der Waals surface area contributed by atoms with Gasteiger partial charge in [-0.05, 0) is 40.5 Å². The normalized spacial score (nSPS) is 19.6. The van der Waals surface area contributed by atoms with E-state index in [1.807, 2.05) is 27.7 Å². The van der Waals surface area contributed by atoms with Crippen molar-refractivity contribution in [2.24, 2.45) is 0 Å². The van der Waals surface area contributed by atoms with Crippen LogP contribution in [0.4, 0.5) is 4.79 Å². The summed E-state index contributed by atoms with van der Waals surface area (Å²) in [7, 11) is 0. The van der Waals surface area contributed by atoms with E-state index < -0.39 is 5.60 Å². The first kappa shape index (κ1) is 16.2. The van der Waals surface area contributed by atoms with E-state index in [1.165, 1.54) is 0 Å². The first-order chi connectivity index (χ1) is 9.83. The molecular weight excluding hydrogens is 286 g/mol. The van der Waals surface area contributed by atoms with Crippen LogP contribution < -0.4 is 5.32 Å². The molecule has 5 nitrogen and oxygen atoms in total. The van der Waals surface area contributed by atoms with E-state index in [9.17, 15) is 4.79 Å². The highest BCUT2D eigenvalue weighted by atomic mass is 32.1. The summed E-state index contributed by atoms with van der Waals surface area (Å²) in [5.41, 5.74) is 0.631. The molecule has 0 aliphatic carbocycles. The molecule has 0 saturated carbocycles. The van der Waals surface area contributed by atoms with Gasteiger partial charge in [0.05, 0.1) is 0 Å². The maximum Gasteiger partial charge on any atom is 0.410 e. The first-order valence-corrected chi connectivity index (χ1v) is 8.34. The molecule has 21 heavy (non-hydrogen) atoms. The van der Waals surface area contributed by atoms with Crippen molar-refractivity contribution in [1.29, 1.82) is 0 Å². The molecule has 1 amide bonds. The van der Waals surface area contributed by atoms with Crippen LogP contribution >= 0.6 is 11.3 Å². The minimum atomic E-state index is -0.435. The molecular formula is C15H25N3O2S. The second-order valence-electron chi connectivity index (χ2n) is 6.53. The molecule has 118 valence electrons. The van der Waals surface area contributed by atoms with Crippen molar-refractivity contribution in [2.75, 3.05) is 13.1 Å². The molecule has 2 rings (SSSR count). The summed E-state index contributed by atoms with van der Waals surface area (Å²) in [6.45, 7) is 9.96. The van der Waals surface area contributed by atoms with Crippen molar-refractivity contribution in [1.82, 2.24) is 15.2 Å². The number of hydrogen-bond acceptors (Lipinski definition) is 5.